The Hall–Kier alpha value is -0.720. The lowest BCUT2D eigenvalue weighted by Gasteiger charge is -2.10. The van der Waals surface area contributed by atoms with Crippen molar-refractivity contribution in [3.8, 4) is 0 Å². The van der Waals surface area contributed by atoms with E-state index in [1.165, 1.54) is 12.1 Å². The quantitative estimate of drug-likeness (QED) is 0.852. The summed E-state index contributed by atoms with van der Waals surface area (Å²) in [5.74, 6) is -5.93. The summed E-state index contributed by atoms with van der Waals surface area (Å²) in [6.45, 7) is 0. The van der Waals surface area contributed by atoms with E-state index in [4.69, 9.17) is 5.11 Å². The number of alkyl halides is 2. The Morgan fingerprint density at radius 3 is 2.15 bits per heavy atom. The van der Waals surface area contributed by atoms with E-state index in [2.05, 4.69) is 0 Å². The maximum atomic E-state index is 12.8. The predicted molar refractivity (Wildman–Crippen MR) is 50.7 cm³/mol. The van der Waals surface area contributed by atoms with Crippen LogP contribution in [0.25, 0.3) is 0 Å². The standard InChI is InChI=1S/C8H5F2IO2/c9-8(10,7(12)13)5-1-3-6(11)4-2-5/h1-4H,(H,12,13). The van der Waals surface area contributed by atoms with Crippen molar-refractivity contribution in [3.05, 3.63) is 33.4 Å². The largest absolute Gasteiger partial charge is 0.477 e. The SMILES string of the molecule is O=C(O)C(F)(F)c1ccc(I)cc1. The number of hydrogen-bond acceptors (Lipinski definition) is 1. The number of halogens is 3. The third-order valence-corrected chi connectivity index (χ3v) is 2.19. The molecule has 0 atom stereocenters. The van der Waals surface area contributed by atoms with Gasteiger partial charge < -0.3 is 5.11 Å². The third kappa shape index (κ3) is 2.15. The van der Waals surface area contributed by atoms with Gasteiger partial charge in [0.2, 0.25) is 0 Å². The summed E-state index contributed by atoms with van der Waals surface area (Å²) >= 11 is 1.95. The number of carboxylic acid groups (broad SMARTS) is 1. The first-order chi connectivity index (χ1) is 5.94. The second-order valence-electron chi connectivity index (χ2n) is 2.39. The molecule has 0 radical (unpaired) electrons. The van der Waals surface area contributed by atoms with Gasteiger partial charge in [-0.1, -0.05) is 12.1 Å². The number of aliphatic carboxylic acids is 1. The molecule has 1 rings (SSSR count). The normalized spacial score (nSPS) is 11.3. The summed E-state index contributed by atoms with van der Waals surface area (Å²) in [5.41, 5.74) is -0.500. The minimum Gasteiger partial charge on any atom is -0.477 e. The van der Waals surface area contributed by atoms with Gasteiger partial charge in [-0.15, -0.1) is 0 Å². The average molecular weight is 298 g/mol. The lowest BCUT2D eigenvalue weighted by molar-refractivity contribution is -0.166. The molecule has 0 aromatic heterocycles. The molecule has 1 aromatic rings. The van der Waals surface area contributed by atoms with Gasteiger partial charge in [0.1, 0.15) is 0 Å². The van der Waals surface area contributed by atoms with Crippen LogP contribution in [0.5, 0.6) is 0 Å². The number of hydrogen-bond donors (Lipinski definition) is 1. The molecule has 1 aromatic carbocycles. The topological polar surface area (TPSA) is 37.3 Å². The van der Waals surface area contributed by atoms with E-state index in [9.17, 15) is 13.6 Å². The Morgan fingerprint density at radius 2 is 1.77 bits per heavy atom. The minimum atomic E-state index is -3.80. The molecule has 0 saturated carbocycles. The molecule has 0 heterocycles. The summed E-state index contributed by atoms with van der Waals surface area (Å²) in [7, 11) is 0. The molecule has 0 bridgehead atoms. The van der Waals surface area contributed by atoms with Crippen LogP contribution in [-0.2, 0) is 10.7 Å². The zero-order valence-electron chi connectivity index (χ0n) is 6.30. The molecular weight excluding hydrogens is 293 g/mol. The van der Waals surface area contributed by atoms with Gasteiger partial charge in [0.05, 0.1) is 0 Å². The van der Waals surface area contributed by atoms with Crippen molar-refractivity contribution in [3.63, 3.8) is 0 Å². The van der Waals surface area contributed by atoms with Gasteiger partial charge in [-0.2, -0.15) is 8.78 Å². The number of benzene rings is 1. The molecule has 0 spiro atoms. The van der Waals surface area contributed by atoms with Crippen LogP contribution in [0.15, 0.2) is 24.3 Å². The van der Waals surface area contributed by atoms with Gasteiger partial charge in [-0.25, -0.2) is 4.79 Å². The van der Waals surface area contributed by atoms with Crippen LogP contribution in [0.4, 0.5) is 8.78 Å². The van der Waals surface area contributed by atoms with Crippen molar-refractivity contribution >= 4 is 28.6 Å². The highest BCUT2D eigenvalue weighted by Crippen LogP contribution is 2.28. The van der Waals surface area contributed by atoms with Gasteiger partial charge in [0.25, 0.3) is 0 Å². The van der Waals surface area contributed by atoms with E-state index in [1.807, 2.05) is 22.6 Å². The van der Waals surface area contributed by atoms with E-state index in [-0.39, 0.29) is 0 Å². The van der Waals surface area contributed by atoms with Crippen LogP contribution < -0.4 is 0 Å². The maximum Gasteiger partial charge on any atom is 0.379 e. The second kappa shape index (κ2) is 3.57. The van der Waals surface area contributed by atoms with Gasteiger partial charge >= 0.3 is 11.9 Å². The van der Waals surface area contributed by atoms with E-state index >= 15 is 0 Å². The molecule has 0 saturated heterocycles. The highest BCUT2D eigenvalue weighted by Gasteiger charge is 2.40. The molecule has 2 nitrogen and oxygen atoms in total. The summed E-state index contributed by atoms with van der Waals surface area (Å²) < 4.78 is 26.4. The lowest BCUT2D eigenvalue weighted by atomic mass is 10.1. The fourth-order valence-corrected chi connectivity index (χ4v) is 1.14. The first-order valence-electron chi connectivity index (χ1n) is 3.32. The van der Waals surface area contributed by atoms with E-state index in [0.29, 0.717) is 0 Å². The Balaban J connectivity index is 3.08. The Labute approximate surface area is 86.7 Å². The van der Waals surface area contributed by atoms with Crippen molar-refractivity contribution in [2.45, 2.75) is 5.92 Å². The number of carboxylic acids is 1. The summed E-state index contributed by atoms with van der Waals surface area (Å²) in [6, 6.07) is 5.09. The molecule has 0 unspecified atom stereocenters. The zero-order valence-corrected chi connectivity index (χ0v) is 8.46. The minimum absolute atomic E-state index is 0.500. The first-order valence-corrected chi connectivity index (χ1v) is 4.39. The van der Waals surface area contributed by atoms with E-state index in [0.717, 1.165) is 15.7 Å². The first kappa shape index (κ1) is 10.4. The van der Waals surface area contributed by atoms with E-state index in [1.54, 1.807) is 0 Å². The number of rotatable bonds is 2. The molecule has 0 aliphatic heterocycles. The summed E-state index contributed by atoms with van der Waals surface area (Å²) in [4.78, 5) is 10.2. The van der Waals surface area contributed by atoms with Gasteiger partial charge in [-0.3, -0.25) is 0 Å². The second-order valence-corrected chi connectivity index (χ2v) is 3.63. The van der Waals surface area contributed by atoms with Gasteiger partial charge in [-0.05, 0) is 34.7 Å². The molecule has 0 fully saturated rings. The molecule has 0 aliphatic rings. The van der Waals surface area contributed by atoms with Crippen LogP contribution in [0, 0.1) is 3.57 Å². The van der Waals surface area contributed by atoms with Crippen molar-refractivity contribution in [2.75, 3.05) is 0 Å². The Bertz CT molecular complexity index is 321. The van der Waals surface area contributed by atoms with Gasteiger partial charge in [0.15, 0.2) is 0 Å². The Morgan fingerprint density at radius 1 is 1.31 bits per heavy atom. The third-order valence-electron chi connectivity index (χ3n) is 1.48. The maximum absolute atomic E-state index is 12.8. The molecular formula is C8H5F2IO2. The van der Waals surface area contributed by atoms with Crippen molar-refractivity contribution in [1.82, 2.24) is 0 Å². The van der Waals surface area contributed by atoms with Crippen LogP contribution in [0.3, 0.4) is 0 Å². The smallest absolute Gasteiger partial charge is 0.379 e. The predicted octanol–water partition coefficient (Wildman–Crippen LogP) is 2.47. The molecule has 13 heavy (non-hydrogen) atoms. The highest BCUT2D eigenvalue weighted by molar-refractivity contribution is 14.1. The zero-order chi connectivity index (χ0) is 10.1. The summed E-state index contributed by atoms with van der Waals surface area (Å²) in [6.07, 6.45) is 0. The van der Waals surface area contributed by atoms with Gasteiger partial charge in [0, 0.05) is 9.13 Å². The average Bonchev–Trinajstić information content (AvgIpc) is 2.04. The van der Waals surface area contributed by atoms with Crippen molar-refractivity contribution in [1.29, 1.82) is 0 Å². The fourth-order valence-electron chi connectivity index (χ4n) is 0.783. The van der Waals surface area contributed by atoms with Crippen molar-refractivity contribution < 1.29 is 18.7 Å². The van der Waals surface area contributed by atoms with Crippen LogP contribution >= 0.6 is 22.6 Å². The summed E-state index contributed by atoms with van der Waals surface area (Å²) in [5, 5.41) is 8.21. The fraction of sp³-hybridized carbons (Fsp3) is 0.125. The molecule has 5 heteroatoms. The Kier molecular flexibility index (Phi) is 2.84. The molecule has 1 N–H and O–H groups in total. The number of carbonyl (C=O) groups is 1. The monoisotopic (exact) mass is 298 g/mol. The molecule has 70 valence electrons. The highest BCUT2D eigenvalue weighted by atomic mass is 127. The van der Waals surface area contributed by atoms with E-state index < -0.39 is 17.5 Å². The van der Waals surface area contributed by atoms with Crippen LogP contribution in [0.2, 0.25) is 0 Å². The molecule has 0 amide bonds. The van der Waals surface area contributed by atoms with Crippen LogP contribution in [0.1, 0.15) is 5.56 Å². The lowest BCUT2D eigenvalue weighted by Crippen LogP contribution is -2.25. The van der Waals surface area contributed by atoms with Crippen molar-refractivity contribution in [2.24, 2.45) is 0 Å². The van der Waals surface area contributed by atoms with Crippen LogP contribution in [-0.4, -0.2) is 11.1 Å². The molecule has 0 aliphatic carbocycles.